The zero-order chi connectivity index (χ0) is 13.7. The highest BCUT2D eigenvalue weighted by Gasteiger charge is 2.10. The summed E-state index contributed by atoms with van der Waals surface area (Å²) in [5, 5.41) is 3.17. The van der Waals surface area contributed by atoms with Crippen molar-refractivity contribution in [2.75, 3.05) is 13.7 Å². The second-order valence-corrected chi connectivity index (χ2v) is 5.39. The van der Waals surface area contributed by atoms with Crippen LogP contribution in [0, 0.1) is 0 Å². The smallest absolute Gasteiger partial charge is 0.128 e. The second-order valence-electron chi connectivity index (χ2n) is 4.45. The van der Waals surface area contributed by atoms with Gasteiger partial charge in [0, 0.05) is 17.4 Å². The zero-order valence-corrected chi connectivity index (χ0v) is 12.3. The van der Waals surface area contributed by atoms with Crippen molar-refractivity contribution in [2.24, 2.45) is 5.73 Å². The number of methoxy groups -OCH3 is 1. The van der Waals surface area contributed by atoms with E-state index in [1.54, 1.807) is 18.4 Å². The van der Waals surface area contributed by atoms with Crippen LogP contribution in [0.3, 0.4) is 0 Å². The van der Waals surface area contributed by atoms with Crippen LogP contribution in [-0.2, 0) is 12.8 Å². The van der Waals surface area contributed by atoms with E-state index in [2.05, 4.69) is 29.4 Å². The molecule has 1 heterocycles. The molecule has 19 heavy (non-hydrogen) atoms. The Morgan fingerprint density at radius 2 is 2.16 bits per heavy atom. The van der Waals surface area contributed by atoms with Crippen molar-refractivity contribution >= 4 is 11.3 Å². The first-order valence-electron chi connectivity index (χ1n) is 6.60. The first-order valence-corrected chi connectivity index (χ1v) is 7.48. The van der Waals surface area contributed by atoms with Gasteiger partial charge < -0.3 is 10.5 Å². The number of nitrogens with two attached hydrogens (primary N) is 1. The lowest BCUT2D eigenvalue weighted by atomic mass is 10.0. The number of aromatic nitrogens is 1. The molecule has 0 saturated heterocycles. The number of hydrogen-bond acceptors (Lipinski definition) is 4. The van der Waals surface area contributed by atoms with Gasteiger partial charge in [0.15, 0.2) is 0 Å². The van der Waals surface area contributed by atoms with E-state index in [4.69, 9.17) is 10.5 Å². The summed E-state index contributed by atoms with van der Waals surface area (Å²) in [5.41, 5.74) is 8.96. The fourth-order valence-electron chi connectivity index (χ4n) is 2.07. The van der Waals surface area contributed by atoms with Gasteiger partial charge >= 0.3 is 0 Å². The van der Waals surface area contributed by atoms with Gasteiger partial charge in [-0.25, -0.2) is 4.98 Å². The highest BCUT2D eigenvalue weighted by Crippen LogP contribution is 2.32. The lowest BCUT2D eigenvalue weighted by Gasteiger charge is -2.08. The maximum absolute atomic E-state index is 5.57. The molecule has 0 spiro atoms. The van der Waals surface area contributed by atoms with Gasteiger partial charge in [-0.05, 0) is 30.7 Å². The summed E-state index contributed by atoms with van der Waals surface area (Å²) in [5.74, 6) is 0.879. The molecule has 0 saturated carbocycles. The van der Waals surface area contributed by atoms with Crippen LogP contribution in [0.2, 0.25) is 0 Å². The molecule has 2 N–H and O–H groups in total. The van der Waals surface area contributed by atoms with Crippen molar-refractivity contribution < 1.29 is 4.74 Å². The molecule has 0 bridgehead atoms. The quantitative estimate of drug-likeness (QED) is 0.881. The van der Waals surface area contributed by atoms with E-state index in [1.165, 1.54) is 5.56 Å². The first-order chi connectivity index (χ1) is 9.28. The summed E-state index contributed by atoms with van der Waals surface area (Å²) in [6.45, 7) is 2.83. The van der Waals surface area contributed by atoms with Gasteiger partial charge in [0.2, 0.25) is 0 Å². The number of ether oxygens (including phenoxy) is 1. The Balaban J connectivity index is 2.36. The SMILES string of the molecule is CCCc1ccc(OC)c(-c2csc(CCN)n2)c1. The zero-order valence-electron chi connectivity index (χ0n) is 11.5. The fraction of sp³-hybridized carbons (Fsp3) is 0.400. The molecular weight excluding hydrogens is 256 g/mol. The van der Waals surface area contributed by atoms with E-state index in [9.17, 15) is 0 Å². The minimum Gasteiger partial charge on any atom is -0.496 e. The summed E-state index contributed by atoms with van der Waals surface area (Å²) in [6, 6.07) is 6.34. The van der Waals surface area contributed by atoms with Crippen LogP contribution >= 0.6 is 11.3 Å². The molecule has 1 aromatic heterocycles. The van der Waals surface area contributed by atoms with Gasteiger partial charge in [-0.2, -0.15) is 0 Å². The van der Waals surface area contributed by atoms with Crippen molar-refractivity contribution in [1.29, 1.82) is 0 Å². The maximum atomic E-state index is 5.57. The lowest BCUT2D eigenvalue weighted by molar-refractivity contribution is 0.416. The Bertz CT molecular complexity index is 537. The topological polar surface area (TPSA) is 48.1 Å². The molecule has 0 radical (unpaired) electrons. The first kappa shape index (κ1) is 14.0. The summed E-state index contributed by atoms with van der Waals surface area (Å²) in [6.07, 6.45) is 3.06. The van der Waals surface area contributed by atoms with Gasteiger partial charge in [-0.3, -0.25) is 0 Å². The molecule has 0 aliphatic heterocycles. The normalized spacial score (nSPS) is 10.7. The minimum atomic E-state index is 0.639. The number of aryl methyl sites for hydroxylation is 1. The second kappa shape index (κ2) is 6.68. The highest BCUT2D eigenvalue weighted by atomic mass is 32.1. The Hall–Kier alpha value is -1.39. The average Bonchev–Trinajstić information content (AvgIpc) is 2.88. The van der Waals surface area contributed by atoms with E-state index in [-0.39, 0.29) is 0 Å². The Labute approximate surface area is 118 Å². The summed E-state index contributed by atoms with van der Waals surface area (Å²) in [4.78, 5) is 4.64. The van der Waals surface area contributed by atoms with Crippen molar-refractivity contribution in [3.8, 4) is 17.0 Å². The number of benzene rings is 1. The van der Waals surface area contributed by atoms with E-state index in [0.29, 0.717) is 6.54 Å². The van der Waals surface area contributed by atoms with Crippen molar-refractivity contribution in [2.45, 2.75) is 26.2 Å². The maximum Gasteiger partial charge on any atom is 0.128 e. The van der Waals surface area contributed by atoms with Gasteiger partial charge in [0.25, 0.3) is 0 Å². The van der Waals surface area contributed by atoms with E-state index >= 15 is 0 Å². The molecule has 0 amide bonds. The van der Waals surface area contributed by atoms with Crippen LogP contribution < -0.4 is 10.5 Å². The van der Waals surface area contributed by atoms with E-state index in [0.717, 1.165) is 41.3 Å². The average molecular weight is 276 g/mol. The Kier molecular flexibility index (Phi) is 4.93. The third-order valence-electron chi connectivity index (χ3n) is 2.99. The predicted octanol–water partition coefficient (Wildman–Crippen LogP) is 3.27. The molecule has 0 atom stereocenters. The summed E-state index contributed by atoms with van der Waals surface area (Å²) >= 11 is 1.66. The molecule has 0 fully saturated rings. The number of thiazole rings is 1. The van der Waals surface area contributed by atoms with Gasteiger partial charge in [-0.1, -0.05) is 19.4 Å². The van der Waals surface area contributed by atoms with Crippen molar-refractivity contribution in [3.05, 3.63) is 34.2 Å². The number of hydrogen-bond donors (Lipinski definition) is 1. The molecule has 102 valence electrons. The molecule has 1 aromatic carbocycles. The van der Waals surface area contributed by atoms with E-state index < -0.39 is 0 Å². The van der Waals surface area contributed by atoms with Crippen LogP contribution in [0.4, 0.5) is 0 Å². The molecule has 4 heteroatoms. The Morgan fingerprint density at radius 3 is 2.84 bits per heavy atom. The largest absolute Gasteiger partial charge is 0.496 e. The van der Waals surface area contributed by atoms with Crippen LogP contribution in [-0.4, -0.2) is 18.6 Å². The number of rotatable bonds is 6. The van der Waals surface area contributed by atoms with Crippen molar-refractivity contribution in [1.82, 2.24) is 4.98 Å². The van der Waals surface area contributed by atoms with Crippen LogP contribution in [0.1, 0.15) is 23.9 Å². The molecule has 3 nitrogen and oxygen atoms in total. The highest BCUT2D eigenvalue weighted by molar-refractivity contribution is 7.09. The molecular formula is C15H20N2OS. The predicted molar refractivity (Wildman–Crippen MR) is 80.9 cm³/mol. The van der Waals surface area contributed by atoms with Gasteiger partial charge in [-0.15, -0.1) is 11.3 Å². The molecule has 2 rings (SSSR count). The summed E-state index contributed by atoms with van der Waals surface area (Å²) < 4.78 is 5.44. The van der Waals surface area contributed by atoms with Gasteiger partial charge in [0.1, 0.15) is 5.75 Å². The molecule has 0 aliphatic carbocycles. The lowest BCUT2D eigenvalue weighted by Crippen LogP contribution is -2.02. The standard InChI is InChI=1S/C15H20N2OS/c1-3-4-11-5-6-14(18-2)12(9-11)13-10-19-15(17-13)7-8-16/h5-6,9-10H,3-4,7-8,16H2,1-2H3. The third kappa shape index (κ3) is 3.33. The minimum absolute atomic E-state index is 0.639. The Morgan fingerprint density at radius 1 is 1.32 bits per heavy atom. The fourth-order valence-corrected chi connectivity index (χ4v) is 2.89. The van der Waals surface area contributed by atoms with E-state index in [1.807, 2.05) is 6.07 Å². The van der Waals surface area contributed by atoms with Crippen LogP contribution in [0.15, 0.2) is 23.6 Å². The van der Waals surface area contributed by atoms with Crippen LogP contribution in [0.5, 0.6) is 5.75 Å². The number of nitrogens with zero attached hydrogens (tertiary/aromatic N) is 1. The van der Waals surface area contributed by atoms with Gasteiger partial charge in [0.05, 0.1) is 17.8 Å². The summed E-state index contributed by atoms with van der Waals surface area (Å²) in [7, 11) is 1.70. The third-order valence-corrected chi connectivity index (χ3v) is 3.90. The molecule has 2 aromatic rings. The van der Waals surface area contributed by atoms with Crippen molar-refractivity contribution in [3.63, 3.8) is 0 Å². The molecule has 0 unspecified atom stereocenters. The van der Waals surface area contributed by atoms with Crippen LogP contribution in [0.25, 0.3) is 11.3 Å². The monoisotopic (exact) mass is 276 g/mol. The molecule has 0 aliphatic rings.